The van der Waals surface area contributed by atoms with E-state index in [-0.39, 0.29) is 41.9 Å². The van der Waals surface area contributed by atoms with E-state index in [1.54, 1.807) is 0 Å². The van der Waals surface area contributed by atoms with Crippen LogP contribution in [0.5, 0.6) is 5.75 Å². The number of benzene rings is 2. The maximum atomic E-state index is 12.5. The molecule has 35 heavy (non-hydrogen) atoms. The maximum Gasteiger partial charge on any atom is 0.230 e. The Morgan fingerprint density at radius 1 is 1.17 bits per heavy atom. The molecule has 2 unspecified atom stereocenters. The van der Waals surface area contributed by atoms with Crippen molar-refractivity contribution in [2.24, 2.45) is 0 Å². The third-order valence-corrected chi connectivity index (χ3v) is 8.74. The first-order valence-electron chi connectivity index (χ1n) is 11.7. The summed E-state index contributed by atoms with van der Waals surface area (Å²) in [6.07, 6.45) is 1.43. The molecule has 1 aliphatic rings. The number of carbonyl (C=O) groups is 1. The van der Waals surface area contributed by atoms with Gasteiger partial charge in [-0.15, -0.1) is 10.2 Å². The van der Waals surface area contributed by atoms with Gasteiger partial charge >= 0.3 is 0 Å². The second kappa shape index (κ2) is 11.3. The molecule has 4 rings (SSSR count). The van der Waals surface area contributed by atoms with E-state index in [2.05, 4.69) is 29.4 Å². The number of carbonyl (C=O) groups excluding carboxylic acids is 1. The van der Waals surface area contributed by atoms with Crippen molar-refractivity contribution in [3.05, 3.63) is 71.5 Å². The number of rotatable bonds is 10. The molecule has 10 heteroatoms. The smallest absolute Gasteiger partial charge is 0.230 e. The van der Waals surface area contributed by atoms with Crippen LogP contribution in [0.1, 0.15) is 43.3 Å². The number of hydrogen-bond donors (Lipinski definition) is 1. The molecule has 0 aliphatic carbocycles. The first kappa shape index (κ1) is 25.2. The lowest BCUT2D eigenvalue weighted by Crippen LogP contribution is -2.36. The summed E-state index contributed by atoms with van der Waals surface area (Å²) in [5.74, 6) is 1.45. The Labute approximate surface area is 210 Å². The van der Waals surface area contributed by atoms with Crippen molar-refractivity contribution in [1.29, 1.82) is 0 Å². The number of aromatic nitrogens is 3. The highest BCUT2D eigenvalue weighted by atomic mass is 32.2. The van der Waals surface area contributed by atoms with Gasteiger partial charge in [-0.25, -0.2) is 8.42 Å². The quantitative estimate of drug-likeness (QED) is 0.414. The summed E-state index contributed by atoms with van der Waals surface area (Å²) < 4.78 is 31.3. The summed E-state index contributed by atoms with van der Waals surface area (Å²) in [6, 6.07) is 17.6. The average molecular weight is 515 g/mol. The van der Waals surface area contributed by atoms with Crippen LogP contribution in [0.4, 0.5) is 0 Å². The summed E-state index contributed by atoms with van der Waals surface area (Å²) >= 11 is 1.28. The predicted molar refractivity (Wildman–Crippen MR) is 136 cm³/mol. The number of nitrogens with one attached hydrogen (secondary N) is 1. The van der Waals surface area contributed by atoms with Crippen LogP contribution < -0.4 is 10.1 Å². The minimum absolute atomic E-state index is 0.00531. The van der Waals surface area contributed by atoms with Gasteiger partial charge in [0.2, 0.25) is 5.91 Å². The third-order valence-electron chi connectivity index (χ3n) is 6.03. The molecule has 186 valence electrons. The molecule has 0 bridgehead atoms. The number of aryl methyl sites for hydroxylation is 1. The Morgan fingerprint density at radius 3 is 2.57 bits per heavy atom. The molecule has 1 amide bonds. The fourth-order valence-electron chi connectivity index (χ4n) is 4.05. The molecule has 1 aromatic heterocycles. The summed E-state index contributed by atoms with van der Waals surface area (Å²) in [4.78, 5) is 12.5. The Balaban J connectivity index is 1.47. The number of amides is 1. The van der Waals surface area contributed by atoms with Gasteiger partial charge in [0.25, 0.3) is 0 Å². The molecular weight excluding hydrogens is 484 g/mol. The number of nitrogens with zero attached hydrogens (tertiary/aromatic N) is 3. The predicted octanol–water partition coefficient (Wildman–Crippen LogP) is 3.42. The van der Waals surface area contributed by atoms with Gasteiger partial charge in [0.1, 0.15) is 12.4 Å². The molecular formula is C25H30N4O4S2. The van der Waals surface area contributed by atoms with Crippen LogP contribution in [-0.2, 0) is 27.7 Å². The lowest BCUT2D eigenvalue weighted by atomic mass is 10.1. The van der Waals surface area contributed by atoms with Crippen LogP contribution in [0.2, 0.25) is 0 Å². The van der Waals surface area contributed by atoms with Gasteiger partial charge in [0.05, 0.1) is 23.3 Å². The fourth-order valence-corrected chi connectivity index (χ4v) is 6.57. The van der Waals surface area contributed by atoms with Crippen molar-refractivity contribution in [1.82, 2.24) is 20.1 Å². The van der Waals surface area contributed by atoms with E-state index >= 15 is 0 Å². The normalized spacial score (nSPS) is 17.7. The van der Waals surface area contributed by atoms with Crippen LogP contribution in [0.3, 0.4) is 0 Å². The van der Waals surface area contributed by atoms with E-state index in [9.17, 15) is 13.2 Å². The van der Waals surface area contributed by atoms with E-state index < -0.39 is 9.84 Å². The largest absolute Gasteiger partial charge is 0.486 e. The number of hydrogen-bond acceptors (Lipinski definition) is 7. The minimum Gasteiger partial charge on any atom is -0.486 e. The van der Waals surface area contributed by atoms with Crippen molar-refractivity contribution in [3.8, 4) is 5.75 Å². The van der Waals surface area contributed by atoms with Crippen molar-refractivity contribution >= 4 is 27.5 Å². The molecule has 1 saturated heterocycles. The molecule has 2 heterocycles. The molecule has 0 saturated carbocycles. The Bertz CT molecular complexity index is 1240. The molecule has 1 aliphatic heterocycles. The zero-order valence-corrected chi connectivity index (χ0v) is 21.5. The van der Waals surface area contributed by atoms with Gasteiger partial charge < -0.3 is 10.1 Å². The summed E-state index contributed by atoms with van der Waals surface area (Å²) in [5.41, 5.74) is 2.33. The molecule has 3 aromatic rings. The van der Waals surface area contributed by atoms with Gasteiger partial charge in [-0.2, -0.15) is 0 Å². The van der Waals surface area contributed by atoms with E-state index in [0.29, 0.717) is 17.4 Å². The number of sulfone groups is 1. The SMILES string of the molecule is CCc1ccc(OCc2nnc(SCC(=O)NC3CCS(=O)(=O)C3)n2C(C)c2ccccc2)cc1. The molecule has 0 spiro atoms. The molecule has 1 fully saturated rings. The van der Waals surface area contributed by atoms with Gasteiger partial charge in [0, 0.05) is 6.04 Å². The highest BCUT2D eigenvalue weighted by molar-refractivity contribution is 7.99. The standard InChI is InChI=1S/C25H30N4O4S2/c1-3-19-9-11-22(12-10-19)33-15-23-27-28-25(29(23)18(2)20-7-5-4-6-8-20)34-16-24(30)26-21-13-14-35(31,32)17-21/h4-12,18,21H,3,13-17H2,1-2H3,(H,26,30). The second-order valence-corrected chi connectivity index (χ2v) is 11.8. The maximum absolute atomic E-state index is 12.5. The highest BCUT2D eigenvalue weighted by Gasteiger charge is 2.29. The Hall–Kier alpha value is -2.85. The summed E-state index contributed by atoms with van der Waals surface area (Å²) in [5, 5.41) is 12.2. The first-order valence-corrected chi connectivity index (χ1v) is 14.5. The van der Waals surface area contributed by atoms with Gasteiger partial charge in [-0.1, -0.05) is 61.2 Å². The third kappa shape index (κ3) is 6.64. The van der Waals surface area contributed by atoms with E-state index in [1.165, 1.54) is 17.3 Å². The fraction of sp³-hybridized carbons (Fsp3) is 0.400. The molecule has 1 N–H and O–H groups in total. The summed E-state index contributed by atoms with van der Waals surface area (Å²) in [6.45, 7) is 4.41. The lowest BCUT2D eigenvalue weighted by molar-refractivity contribution is -0.119. The molecule has 0 radical (unpaired) electrons. The zero-order chi connectivity index (χ0) is 24.8. The van der Waals surface area contributed by atoms with Crippen LogP contribution >= 0.6 is 11.8 Å². The van der Waals surface area contributed by atoms with Gasteiger partial charge in [-0.3, -0.25) is 9.36 Å². The van der Waals surface area contributed by atoms with E-state index in [4.69, 9.17) is 4.74 Å². The minimum atomic E-state index is -3.05. The highest BCUT2D eigenvalue weighted by Crippen LogP contribution is 2.27. The Kier molecular flexibility index (Phi) is 8.12. The summed E-state index contributed by atoms with van der Waals surface area (Å²) in [7, 11) is -3.05. The molecule has 2 aromatic carbocycles. The Morgan fingerprint density at radius 2 is 1.91 bits per heavy atom. The number of ether oxygens (including phenoxy) is 1. The van der Waals surface area contributed by atoms with Crippen molar-refractivity contribution in [2.45, 2.75) is 50.5 Å². The molecule has 2 atom stereocenters. The first-order chi connectivity index (χ1) is 16.8. The van der Waals surface area contributed by atoms with Crippen LogP contribution in [0.25, 0.3) is 0 Å². The monoisotopic (exact) mass is 514 g/mol. The van der Waals surface area contributed by atoms with Crippen LogP contribution in [0, 0.1) is 0 Å². The van der Waals surface area contributed by atoms with Crippen molar-refractivity contribution in [2.75, 3.05) is 17.3 Å². The second-order valence-electron chi connectivity index (χ2n) is 8.60. The zero-order valence-electron chi connectivity index (χ0n) is 19.9. The van der Waals surface area contributed by atoms with E-state index in [1.807, 2.05) is 59.2 Å². The van der Waals surface area contributed by atoms with Crippen molar-refractivity contribution < 1.29 is 17.9 Å². The topological polar surface area (TPSA) is 103 Å². The van der Waals surface area contributed by atoms with Crippen molar-refractivity contribution in [3.63, 3.8) is 0 Å². The van der Waals surface area contributed by atoms with Crippen LogP contribution in [0.15, 0.2) is 59.8 Å². The van der Waals surface area contributed by atoms with Crippen LogP contribution in [-0.4, -0.2) is 52.4 Å². The number of thioether (sulfide) groups is 1. The van der Waals surface area contributed by atoms with E-state index in [0.717, 1.165) is 17.7 Å². The average Bonchev–Trinajstić information content (AvgIpc) is 3.43. The van der Waals surface area contributed by atoms with Gasteiger partial charge in [-0.05, 0) is 43.0 Å². The van der Waals surface area contributed by atoms with Gasteiger partial charge in [0.15, 0.2) is 20.8 Å². The molecule has 8 nitrogen and oxygen atoms in total. The lowest BCUT2D eigenvalue weighted by Gasteiger charge is -2.19.